The van der Waals surface area contributed by atoms with E-state index in [1.807, 2.05) is 0 Å². The maximum absolute atomic E-state index is 12.4. The number of esters is 1. The van der Waals surface area contributed by atoms with Gasteiger partial charge in [0.15, 0.2) is 12.4 Å². The summed E-state index contributed by atoms with van der Waals surface area (Å²) < 4.78 is 33.0. The quantitative estimate of drug-likeness (QED) is 0.408. The van der Waals surface area contributed by atoms with Gasteiger partial charge in [-0.1, -0.05) is 46.3 Å². The number of ketones is 1. The highest BCUT2D eigenvalue weighted by Gasteiger charge is 2.15. The molecule has 0 saturated heterocycles. The SMILES string of the molecule is O=C(COC(=O)c1ccc(NS(=O)(=O)c2ccc(Br)cc2)cc1)c1ccccc1. The maximum atomic E-state index is 12.4. The molecular formula is C21H16BrNO5S. The summed E-state index contributed by atoms with van der Waals surface area (Å²) in [5.41, 5.74) is 0.959. The predicted molar refractivity (Wildman–Crippen MR) is 112 cm³/mol. The van der Waals surface area contributed by atoms with Crippen LogP contribution in [-0.4, -0.2) is 26.8 Å². The number of hydrogen-bond acceptors (Lipinski definition) is 5. The average molecular weight is 474 g/mol. The fraction of sp³-hybridized carbons (Fsp3) is 0.0476. The van der Waals surface area contributed by atoms with E-state index in [-0.39, 0.29) is 22.8 Å². The van der Waals surface area contributed by atoms with E-state index in [2.05, 4.69) is 20.7 Å². The minimum absolute atomic E-state index is 0.114. The van der Waals surface area contributed by atoms with E-state index in [0.717, 1.165) is 4.47 Å². The van der Waals surface area contributed by atoms with Crippen LogP contribution in [0.3, 0.4) is 0 Å². The number of anilines is 1. The lowest BCUT2D eigenvalue weighted by atomic mass is 10.1. The van der Waals surface area contributed by atoms with E-state index in [9.17, 15) is 18.0 Å². The minimum atomic E-state index is -3.75. The Bertz CT molecular complexity index is 1110. The zero-order valence-electron chi connectivity index (χ0n) is 15.0. The summed E-state index contributed by atoms with van der Waals surface area (Å²) in [7, 11) is -3.75. The largest absolute Gasteiger partial charge is 0.454 e. The zero-order valence-corrected chi connectivity index (χ0v) is 17.4. The molecule has 0 unspecified atom stereocenters. The van der Waals surface area contributed by atoms with Crippen LogP contribution in [-0.2, 0) is 14.8 Å². The number of nitrogens with one attached hydrogen (secondary N) is 1. The topological polar surface area (TPSA) is 89.5 Å². The molecule has 0 aliphatic carbocycles. The third kappa shape index (κ3) is 5.52. The second-order valence-electron chi connectivity index (χ2n) is 6.00. The van der Waals surface area contributed by atoms with E-state index >= 15 is 0 Å². The molecule has 1 N–H and O–H groups in total. The van der Waals surface area contributed by atoms with Gasteiger partial charge in [-0.25, -0.2) is 13.2 Å². The number of benzene rings is 3. The number of sulfonamides is 1. The third-order valence-electron chi connectivity index (χ3n) is 3.93. The first-order valence-electron chi connectivity index (χ1n) is 8.49. The van der Waals surface area contributed by atoms with Gasteiger partial charge in [0.2, 0.25) is 0 Å². The summed E-state index contributed by atoms with van der Waals surface area (Å²) in [6.07, 6.45) is 0. The van der Waals surface area contributed by atoms with Gasteiger partial charge >= 0.3 is 5.97 Å². The molecule has 3 rings (SSSR count). The molecule has 0 bridgehead atoms. The molecule has 148 valence electrons. The zero-order chi connectivity index (χ0) is 20.9. The molecule has 3 aromatic carbocycles. The highest BCUT2D eigenvalue weighted by Crippen LogP contribution is 2.19. The Balaban J connectivity index is 1.61. The maximum Gasteiger partial charge on any atom is 0.338 e. The summed E-state index contributed by atoms with van der Waals surface area (Å²) >= 11 is 3.26. The number of halogens is 1. The third-order valence-corrected chi connectivity index (χ3v) is 5.85. The molecule has 0 aromatic heterocycles. The molecule has 0 heterocycles. The van der Waals surface area contributed by atoms with Crippen molar-refractivity contribution in [2.75, 3.05) is 11.3 Å². The van der Waals surface area contributed by atoms with Crippen LogP contribution in [0.25, 0.3) is 0 Å². The Kier molecular flexibility index (Phi) is 6.46. The number of ether oxygens (including phenoxy) is 1. The van der Waals surface area contributed by atoms with Crippen LogP contribution in [0, 0.1) is 0 Å². The Hall–Kier alpha value is -2.97. The lowest BCUT2D eigenvalue weighted by molar-refractivity contribution is 0.0475. The van der Waals surface area contributed by atoms with Crippen molar-refractivity contribution in [1.82, 2.24) is 0 Å². The standard InChI is InChI=1S/C21H16BrNO5S/c22-17-8-12-19(13-9-17)29(26,27)23-18-10-6-16(7-11-18)21(25)28-14-20(24)15-4-2-1-3-5-15/h1-13,23H,14H2. The Labute approximate surface area is 176 Å². The van der Waals surface area contributed by atoms with Crippen LogP contribution in [0.15, 0.2) is 88.2 Å². The van der Waals surface area contributed by atoms with E-state index < -0.39 is 16.0 Å². The molecule has 0 spiro atoms. The smallest absolute Gasteiger partial charge is 0.338 e. The summed E-state index contributed by atoms with van der Waals surface area (Å²) in [5, 5.41) is 0. The van der Waals surface area contributed by atoms with Crippen molar-refractivity contribution in [2.24, 2.45) is 0 Å². The molecule has 0 radical (unpaired) electrons. The van der Waals surface area contributed by atoms with Crippen molar-refractivity contribution in [3.05, 3.63) is 94.5 Å². The molecule has 0 fully saturated rings. The van der Waals surface area contributed by atoms with Gasteiger partial charge < -0.3 is 4.74 Å². The normalized spacial score (nSPS) is 10.9. The Morgan fingerprint density at radius 3 is 2.07 bits per heavy atom. The van der Waals surface area contributed by atoms with Gasteiger partial charge in [0.05, 0.1) is 10.5 Å². The molecule has 0 aliphatic heterocycles. The van der Waals surface area contributed by atoms with Crippen LogP contribution < -0.4 is 4.72 Å². The first-order valence-corrected chi connectivity index (χ1v) is 10.8. The first kappa shape index (κ1) is 20.8. The Morgan fingerprint density at radius 1 is 0.828 bits per heavy atom. The number of carbonyl (C=O) groups excluding carboxylic acids is 2. The van der Waals surface area contributed by atoms with Gasteiger partial charge in [-0.2, -0.15) is 0 Å². The van der Waals surface area contributed by atoms with Crippen LogP contribution in [0.2, 0.25) is 0 Å². The summed E-state index contributed by atoms with van der Waals surface area (Å²) in [4.78, 5) is 24.2. The monoisotopic (exact) mass is 473 g/mol. The van der Waals surface area contributed by atoms with Gasteiger partial charge in [0.1, 0.15) is 0 Å². The molecule has 0 saturated carbocycles. The summed E-state index contributed by atoms with van der Waals surface area (Å²) in [5.74, 6) is -0.977. The summed E-state index contributed by atoms with van der Waals surface area (Å²) in [6, 6.07) is 20.5. The van der Waals surface area contributed by atoms with Gasteiger partial charge in [0.25, 0.3) is 10.0 Å². The number of hydrogen-bond donors (Lipinski definition) is 1. The van der Waals surface area contributed by atoms with Crippen LogP contribution in [0.5, 0.6) is 0 Å². The Morgan fingerprint density at radius 2 is 1.45 bits per heavy atom. The minimum Gasteiger partial charge on any atom is -0.454 e. The molecule has 0 amide bonds. The number of carbonyl (C=O) groups is 2. The lowest BCUT2D eigenvalue weighted by Gasteiger charge is -2.09. The van der Waals surface area contributed by atoms with E-state index in [1.54, 1.807) is 42.5 Å². The van der Waals surface area contributed by atoms with Crippen molar-refractivity contribution in [3.63, 3.8) is 0 Å². The van der Waals surface area contributed by atoms with Gasteiger partial charge in [0, 0.05) is 15.7 Å². The molecule has 0 atom stereocenters. The van der Waals surface area contributed by atoms with Crippen molar-refractivity contribution in [2.45, 2.75) is 4.90 Å². The average Bonchev–Trinajstić information content (AvgIpc) is 2.73. The van der Waals surface area contributed by atoms with E-state index in [4.69, 9.17) is 4.74 Å². The highest BCUT2D eigenvalue weighted by molar-refractivity contribution is 9.10. The molecule has 6 nitrogen and oxygen atoms in total. The summed E-state index contributed by atoms with van der Waals surface area (Å²) in [6.45, 7) is -0.374. The van der Waals surface area contributed by atoms with Gasteiger partial charge in [-0.3, -0.25) is 9.52 Å². The lowest BCUT2D eigenvalue weighted by Crippen LogP contribution is -2.15. The fourth-order valence-corrected chi connectivity index (χ4v) is 3.75. The van der Waals surface area contributed by atoms with Crippen molar-refractivity contribution in [3.8, 4) is 0 Å². The molecule has 0 aliphatic rings. The molecule has 29 heavy (non-hydrogen) atoms. The van der Waals surface area contributed by atoms with Crippen molar-refractivity contribution in [1.29, 1.82) is 0 Å². The van der Waals surface area contributed by atoms with Crippen molar-refractivity contribution < 1.29 is 22.7 Å². The van der Waals surface area contributed by atoms with E-state index in [0.29, 0.717) is 11.3 Å². The van der Waals surface area contributed by atoms with Gasteiger partial charge in [-0.15, -0.1) is 0 Å². The fourth-order valence-electron chi connectivity index (χ4n) is 2.42. The second kappa shape index (κ2) is 9.02. The molecule has 8 heteroatoms. The number of Topliss-reactive ketones (excluding diaryl/α,β-unsaturated/α-hetero) is 1. The van der Waals surface area contributed by atoms with Crippen LogP contribution in [0.1, 0.15) is 20.7 Å². The molecular weight excluding hydrogens is 458 g/mol. The second-order valence-corrected chi connectivity index (χ2v) is 8.60. The van der Waals surface area contributed by atoms with Gasteiger partial charge in [-0.05, 0) is 48.5 Å². The molecule has 3 aromatic rings. The first-order chi connectivity index (χ1) is 13.8. The highest BCUT2D eigenvalue weighted by atomic mass is 79.9. The van der Waals surface area contributed by atoms with Crippen LogP contribution >= 0.6 is 15.9 Å². The van der Waals surface area contributed by atoms with E-state index in [1.165, 1.54) is 36.4 Å². The van der Waals surface area contributed by atoms with Crippen LogP contribution in [0.4, 0.5) is 5.69 Å². The number of rotatable bonds is 7. The predicted octanol–water partition coefficient (Wildman–Crippen LogP) is 4.29. The van der Waals surface area contributed by atoms with Crippen molar-refractivity contribution >= 4 is 43.4 Å².